The summed E-state index contributed by atoms with van der Waals surface area (Å²) in [7, 11) is 0. The smallest absolute Gasteiger partial charge is 0.254 e. The number of hydrogen-bond donors (Lipinski definition) is 2. The summed E-state index contributed by atoms with van der Waals surface area (Å²) in [6.07, 6.45) is 1.16. The van der Waals surface area contributed by atoms with Crippen LogP contribution in [0.2, 0.25) is 0 Å². The lowest BCUT2D eigenvalue weighted by atomic mass is 10.1. The van der Waals surface area contributed by atoms with Gasteiger partial charge in [0.2, 0.25) is 0 Å². The highest BCUT2D eigenvalue weighted by Crippen LogP contribution is 2.21. The SMILES string of the molecule is O=C(c1cccc(NCCSc2ccccc2F)c1)N1CCC[C@@H](O)C1. The molecule has 2 aromatic rings. The quantitative estimate of drug-likeness (QED) is 0.599. The van der Waals surface area contributed by atoms with Crippen LogP contribution in [0, 0.1) is 5.82 Å². The Labute approximate surface area is 157 Å². The zero-order valence-electron chi connectivity index (χ0n) is 14.5. The Morgan fingerprint density at radius 3 is 2.92 bits per heavy atom. The molecule has 1 amide bonds. The van der Waals surface area contributed by atoms with Crippen LogP contribution in [0.1, 0.15) is 23.2 Å². The summed E-state index contributed by atoms with van der Waals surface area (Å²) in [5.74, 6) is 0.471. The van der Waals surface area contributed by atoms with Crippen molar-refractivity contribution in [3.05, 3.63) is 59.9 Å². The molecule has 2 N–H and O–H groups in total. The van der Waals surface area contributed by atoms with Crippen LogP contribution in [0.3, 0.4) is 0 Å². The Morgan fingerprint density at radius 2 is 2.12 bits per heavy atom. The van der Waals surface area contributed by atoms with E-state index in [1.165, 1.54) is 17.8 Å². The Hall–Kier alpha value is -2.05. The molecule has 4 nitrogen and oxygen atoms in total. The molecule has 0 aliphatic carbocycles. The summed E-state index contributed by atoms with van der Waals surface area (Å²) >= 11 is 1.46. The molecule has 1 aliphatic rings. The van der Waals surface area contributed by atoms with Crippen molar-refractivity contribution in [2.75, 3.05) is 30.7 Å². The van der Waals surface area contributed by atoms with Crippen LogP contribution < -0.4 is 5.32 Å². The molecule has 1 fully saturated rings. The van der Waals surface area contributed by atoms with Gasteiger partial charge in [-0.05, 0) is 43.2 Å². The molecule has 6 heteroatoms. The number of hydrogen-bond acceptors (Lipinski definition) is 4. The van der Waals surface area contributed by atoms with Gasteiger partial charge in [0.15, 0.2) is 0 Å². The highest BCUT2D eigenvalue weighted by molar-refractivity contribution is 7.99. The van der Waals surface area contributed by atoms with E-state index >= 15 is 0 Å². The summed E-state index contributed by atoms with van der Waals surface area (Å²) in [6, 6.07) is 14.1. The summed E-state index contributed by atoms with van der Waals surface area (Å²) in [5.41, 5.74) is 1.48. The number of thioether (sulfide) groups is 1. The van der Waals surface area contributed by atoms with Crippen LogP contribution in [0.15, 0.2) is 53.4 Å². The lowest BCUT2D eigenvalue weighted by Crippen LogP contribution is -2.42. The number of rotatable bonds is 6. The molecule has 0 radical (unpaired) electrons. The van der Waals surface area contributed by atoms with Gasteiger partial charge >= 0.3 is 0 Å². The molecule has 0 spiro atoms. The molecule has 3 rings (SSSR count). The van der Waals surface area contributed by atoms with E-state index < -0.39 is 6.10 Å². The van der Waals surface area contributed by atoms with Crippen LogP contribution >= 0.6 is 11.8 Å². The minimum Gasteiger partial charge on any atom is -0.391 e. The van der Waals surface area contributed by atoms with Gasteiger partial charge in [0.25, 0.3) is 5.91 Å². The van der Waals surface area contributed by atoms with Gasteiger partial charge in [-0.1, -0.05) is 18.2 Å². The summed E-state index contributed by atoms with van der Waals surface area (Å²) in [6.45, 7) is 1.75. The molecule has 26 heavy (non-hydrogen) atoms. The number of likely N-dealkylation sites (tertiary alicyclic amines) is 1. The molecule has 1 aliphatic heterocycles. The Kier molecular flexibility index (Phi) is 6.52. The summed E-state index contributed by atoms with van der Waals surface area (Å²) < 4.78 is 13.6. The number of carbonyl (C=O) groups excluding carboxylic acids is 1. The molecule has 0 unspecified atom stereocenters. The van der Waals surface area contributed by atoms with Crippen LogP contribution in [0.5, 0.6) is 0 Å². The second-order valence-electron chi connectivity index (χ2n) is 6.33. The highest BCUT2D eigenvalue weighted by Gasteiger charge is 2.23. The van der Waals surface area contributed by atoms with E-state index in [1.54, 1.807) is 23.1 Å². The van der Waals surface area contributed by atoms with Gasteiger partial charge < -0.3 is 15.3 Å². The molecule has 138 valence electrons. The predicted molar refractivity (Wildman–Crippen MR) is 103 cm³/mol. The third-order valence-electron chi connectivity index (χ3n) is 4.32. The molecule has 0 bridgehead atoms. The van der Waals surface area contributed by atoms with E-state index in [2.05, 4.69) is 5.32 Å². The Morgan fingerprint density at radius 1 is 1.27 bits per heavy atom. The number of benzene rings is 2. The van der Waals surface area contributed by atoms with Gasteiger partial charge in [-0.25, -0.2) is 4.39 Å². The van der Waals surface area contributed by atoms with E-state index in [-0.39, 0.29) is 11.7 Å². The minimum atomic E-state index is -0.426. The van der Waals surface area contributed by atoms with E-state index in [1.807, 2.05) is 24.3 Å². The van der Waals surface area contributed by atoms with Crippen LogP contribution in [-0.2, 0) is 0 Å². The number of nitrogens with one attached hydrogen (secondary N) is 1. The van der Waals surface area contributed by atoms with Gasteiger partial charge in [-0.2, -0.15) is 0 Å². The topological polar surface area (TPSA) is 52.6 Å². The first kappa shape index (κ1) is 18.7. The van der Waals surface area contributed by atoms with Crippen LogP contribution in [-0.4, -0.2) is 47.4 Å². The second-order valence-corrected chi connectivity index (χ2v) is 7.47. The van der Waals surface area contributed by atoms with Gasteiger partial charge in [-0.15, -0.1) is 11.8 Å². The van der Waals surface area contributed by atoms with Crippen molar-refractivity contribution in [2.45, 2.75) is 23.8 Å². The van der Waals surface area contributed by atoms with E-state index in [0.29, 0.717) is 30.1 Å². The average molecular weight is 374 g/mol. The van der Waals surface area contributed by atoms with Crippen molar-refractivity contribution in [1.82, 2.24) is 4.90 Å². The van der Waals surface area contributed by atoms with E-state index in [0.717, 1.165) is 24.3 Å². The lowest BCUT2D eigenvalue weighted by Gasteiger charge is -2.30. The molecule has 2 aromatic carbocycles. The number of anilines is 1. The Bertz CT molecular complexity index is 756. The van der Waals surface area contributed by atoms with E-state index in [4.69, 9.17) is 0 Å². The van der Waals surface area contributed by atoms with Crippen molar-refractivity contribution in [3.63, 3.8) is 0 Å². The number of β-amino-alcohol motifs (C(OH)–C–C–N with tert-alkyl or cyclic N) is 1. The monoisotopic (exact) mass is 374 g/mol. The summed E-state index contributed by atoms with van der Waals surface area (Å²) in [5, 5.41) is 13.0. The molecule has 0 saturated carbocycles. The van der Waals surface area contributed by atoms with Crippen molar-refractivity contribution in [2.24, 2.45) is 0 Å². The maximum absolute atomic E-state index is 13.6. The van der Waals surface area contributed by atoms with Gasteiger partial charge in [-0.3, -0.25) is 4.79 Å². The number of amides is 1. The van der Waals surface area contributed by atoms with Crippen LogP contribution in [0.4, 0.5) is 10.1 Å². The molecule has 1 heterocycles. The fraction of sp³-hybridized carbons (Fsp3) is 0.350. The normalized spacial score (nSPS) is 17.2. The summed E-state index contributed by atoms with van der Waals surface area (Å²) in [4.78, 5) is 14.9. The number of halogens is 1. The minimum absolute atomic E-state index is 0.0480. The van der Waals surface area contributed by atoms with Crippen molar-refractivity contribution < 1.29 is 14.3 Å². The number of carbonyl (C=O) groups is 1. The third-order valence-corrected chi connectivity index (χ3v) is 5.37. The zero-order valence-corrected chi connectivity index (χ0v) is 15.3. The number of piperidine rings is 1. The molecular formula is C20H23FN2O2S. The van der Waals surface area contributed by atoms with Crippen molar-refractivity contribution in [1.29, 1.82) is 0 Å². The lowest BCUT2D eigenvalue weighted by molar-refractivity contribution is 0.0474. The zero-order chi connectivity index (χ0) is 18.4. The average Bonchev–Trinajstić information content (AvgIpc) is 2.66. The fourth-order valence-electron chi connectivity index (χ4n) is 3.00. The molecule has 1 atom stereocenters. The first-order chi connectivity index (χ1) is 12.6. The number of aliphatic hydroxyl groups is 1. The van der Waals surface area contributed by atoms with Crippen LogP contribution in [0.25, 0.3) is 0 Å². The van der Waals surface area contributed by atoms with Gasteiger partial charge in [0, 0.05) is 41.5 Å². The highest BCUT2D eigenvalue weighted by atomic mass is 32.2. The van der Waals surface area contributed by atoms with E-state index in [9.17, 15) is 14.3 Å². The van der Waals surface area contributed by atoms with Gasteiger partial charge in [0.1, 0.15) is 5.82 Å². The standard InChI is InChI=1S/C20H23FN2O2S/c21-18-8-1-2-9-19(18)26-12-10-22-16-6-3-5-15(13-16)20(25)23-11-4-7-17(24)14-23/h1-3,5-6,8-9,13,17,22,24H,4,7,10-12,14H2/t17-/m1/s1. The first-order valence-electron chi connectivity index (χ1n) is 8.82. The number of aliphatic hydroxyl groups excluding tert-OH is 1. The second kappa shape index (κ2) is 9.05. The maximum Gasteiger partial charge on any atom is 0.254 e. The largest absolute Gasteiger partial charge is 0.391 e. The maximum atomic E-state index is 13.6. The fourth-order valence-corrected chi connectivity index (χ4v) is 3.81. The first-order valence-corrected chi connectivity index (χ1v) is 9.80. The number of nitrogens with zero attached hydrogens (tertiary/aromatic N) is 1. The predicted octanol–water partition coefficient (Wildman–Crippen LogP) is 3.63. The molecule has 1 saturated heterocycles. The molecular weight excluding hydrogens is 351 g/mol. The molecule has 0 aromatic heterocycles. The van der Waals surface area contributed by atoms with Crippen molar-refractivity contribution in [3.8, 4) is 0 Å². The third kappa shape index (κ3) is 4.99. The van der Waals surface area contributed by atoms with Gasteiger partial charge in [0.05, 0.1) is 6.10 Å². The Balaban J connectivity index is 1.52. The van der Waals surface area contributed by atoms with Crippen molar-refractivity contribution >= 4 is 23.4 Å².